The Kier molecular flexibility index (Phi) is 4.90. The van der Waals surface area contributed by atoms with E-state index < -0.39 is 0 Å². The molecule has 1 N–H and O–H groups in total. The number of nitrogens with zero attached hydrogens (tertiary/aromatic N) is 1. The molecule has 0 saturated heterocycles. The molecule has 3 nitrogen and oxygen atoms in total. The third-order valence-corrected chi connectivity index (χ3v) is 3.40. The van der Waals surface area contributed by atoms with E-state index in [0.717, 1.165) is 18.0 Å². The van der Waals surface area contributed by atoms with Gasteiger partial charge in [-0.15, -0.1) is 11.8 Å². The first-order chi connectivity index (χ1) is 8.88. The van der Waals surface area contributed by atoms with Crippen LogP contribution in [0.1, 0.15) is 0 Å². The number of benzene rings is 1. The van der Waals surface area contributed by atoms with Crippen molar-refractivity contribution in [2.24, 2.45) is 0 Å². The van der Waals surface area contributed by atoms with Gasteiger partial charge in [-0.3, -0.25) is 0 Å². The first-order valence-electron chi connectivity index (χ1n) is 5.80. The van der Waals surface area contributed by atoms with E-state index in [2.05, 4.69) is 34.6 Å². The Bertz CT molecular complexity index is 476. The van der Waals surface area contributed by atoms with Gasteiger partial charge >= 0.3 is 0 Å². The highest BCUT2D eigenvalue weighted by Gasteiger charge is 1.96. The molecule has 18 heavy (non-hydrogen) atoms. The molecule has 0 radical (unpaired) electrons. The van der Waals surface area contributed by atoms with E-state index >= 15 is 0 Å². The Morgan fingerprint density at radius 3 is 2.83 bits per heavy atom. The van der Waals surface area contributed by atoms with Gasteiger partial charge < -0.3 is 10.1 Å². The molecule has 0 spiro atoms. The van der Waals surface area contributed by atoms with Crippen LogP contribution < -0.4 is 10.1 Å². The average Bonchev–Trinajstić information content (AvgIpc) is 2.45. The van der Waals surface area contributed by atoms with Crippen molar-refractivity contribution in [3.05, 3.63) is 48.7 Å². The third-order valence-electron chi connectivity index (χ3n) is 2.39. The standard InChI is InChI=1S/C14H16N2OS/c1-17-14-11-12(7-8-16-14)15-9-10-18-13-5-3-2-4-6-13/h2-8,11H,9-10H2,1H3,(H,15,16). The van der Waals surface area contributed by atoms with Gasteiger partial charge in [0.15, 0.2) is 0 Å². The summed E-state index contributed by atoms with van der Waals surface area (Å²) < 4.78 is 5.07. The van der Waals surface area contributed by atoms with Crippen molar-refractivity contribution < 1.29 is 4.74 Å². The Hall–Kier alpha value is -1.68. The highest BCUT2D eigenvalue weighted by molar-refractivity contribution is 7.99. The summed E-state index contributed by atoms with van der Waals surface area (Å²) in [6.45, 7) is 0.909. The molecule has 0 aliphatic heterocycles. The monoisotopic (exact) mass is 260 g/mol. The van der Waals surface area contributed by atoms with Crippen molar-refractivity contribution in [2.45, 2.75) is 4.90 Å². The van der Waals surface area contributed by atoms with Crippen LogP contribution in [0.5, 0.6) is 5.88 Å². The molecule has 1 heterocycles. The van der Waals surface area contributed by atoms with E-state index in [1.54, 1.807) is 13.3 Å². The maximum atomic E-state index is 5.07. The van der Waals surface area contributed by atoms with Crippen molar-refractivity contribution in [1.82, 2.24) is 4.98 Å². The molecular weight excluding hydrogens is 244 g/mol. The number of thioether (sulfide) groups is 1. The van der Waals surface area contributed by atoms with Crippen molar-refractivity contribution >= 4 is 17.4 Å². The summed E-state index contributed by atoms with van der Waals surface area (Å²) in [7, 11) is 1.62. The molecule has 2 aromatic rings. The number of pyridine rings is 1. The normalized spacial score (nSPS) is 10.1. The number of rotatable bonds is 6. The lowest BCUT2D eigenvalue weighted by Gasteiger charge is -2.07. The zero-order chi connectivity index (χ0) is 12.6. The number of anilines is 1. The topological polar surface area (TPSA) is 34.1 Å². The summed E-state index contributed by atoms with van der Waals surface area (Å²) >= 11 is 1.84. The van der Waals surface area contributed by atoms with Crippen LogP contribution in [0.15, 0.2) is 53.6 Å². The first kappa shape index (κ1) is 12.8. The van der Waals surface area contributed by atoms with Crippen LogP contribution in [-0.2, 0) is 0 Å². The summed E-state index contributed by atoms with van der Waals surface area (Å²) in [6, 6.07) is 14.2. The molecule has 1 aromatic carbocycles. The summed E-state index contributed by atoms with van der Waals surface area (Å²) in [5.41, 5.74) is 1.04. The molecular formula is C14H16N2OS. The second kappa shape index (κ2) is 6.91. The van der Waals surface area contributed by atoms with Crippen LogP contribution in [0.25, 0.3) is 0 Å². The predicted octanol–water partition coefficient (Wildman–Crippen LogP) is 3.29. The number of aromatic nitrogens is 1. The summed E-state index contributed by atoms with van der Waals surface area (Å²) in [4.78, 5) is 5.36. The SMILES string of the molecule is COc1cc(NCCSc2ccccc2)ccn1. The second-order valence-corrected chi connectivity index (χ2v) is 4.84. The predicted molar refractivity (Wildman–Crippen MR) is 76.4 cm³/mol. The van der Waals surface area contributed by atoms with Gasteiger partial charge in [0.2, 0.25) is 5.88 Å². The molecule has 4 heteroatoms. The number of hydrogen-bond donors (Lipinski definition) is 1. The molecule has 0 aliphatic rings. The lowest BCUT2D eigenvalue weighted by atomic mass is 10.4. The first-order valence-corrected chi connectivity index (χ1v) is 6.79. The highest BCUT2D eigenvalue weighted by Crippen LogP contribution is 2.17. The number of hydrogen-bond acceptors (Lipinski definition) is 4. The molecule has 0 fully saturated rings. The Labute approximate surface area is 112 Å². The van der Waals surface area contributed by atoms with E-state index in [-0.39, 0.29) is 0 Å². The molecule has 0 bridgehead atoms. The fourth-order valence-corrected chi connectivity index (χ4v) is 2.30. The van der Waals surface area contributed by atoms with E-state index in [1.165, 1.54) is 4.90 Å². The average molecular weight is 260 g/mol. The summed E-state index contributed by atoms with van der Waals surface area (Å²) in [5, 5.41) is 3.35. The molecule has 2 rings (SSSR count). The van der Waals surface area contributed by atoms with Crippen LogP contribution in [0.4, 0.5) is 5.69 Å². The van der Waals surface area contributed by atoms with Crippen molar-refractivity contribution in [2.75, 3.05) is 24.7 Å². The highest BCUT2D eigenvalue weighted by atomic mass is 32.2. The largest absolute Gasteiger partial charge is 0.481 e. The van der Waals surface area contributed by atoms with Gasteiger partial charge in [-0.1, -0.05) is 18.2 Å². The van der Waals surface area contributed by atoms with Crippen LogP contribution in [-0.4, -0.2) is 24.4 Å². The van der Waals surface area contributed by atoms with Gasteiger partial charge in [0, 0.05) is 35.1 Å². The third kappa shape index (κ3) is 3.96. The fourth-order valence-electron chi connectivity index (χ4n) is 1.51. The van der Waals surface area contributed by atoms with Gasteiger partial charge in [0.25, 0.3) is 0 Å². The van der Waals surface area contributed by atoms with Crippen molar-refractivity contribution in [3.63, 3.8) is 0 Å². The second-order valence-electron chi connectivity index (χ2n) is 3.68. The van der Waals surface area contributed by atoms with E-state index in [9.17, 15) is 0 Å². The molecule has 0 unspecified atom stereocenters. The van der Waals surface area contributed by atoms with Gasteiger partial charge in [0.05, 0.1) is 7.11 Å². The summed E-state index contributed by atoms with van der Waals surface area (Å²) in [5.74, 6) is 1.66. The number of nitrogens with one attached hydrogen (secondary N) is 1. The Morgan fingerprint density at radius 1 is 1.22 bits per heavy atom. The van der Waals surface area contributed by atoms with Gasteiger partial charge in [-0.25, -0.2) is 4.98 Å². The van der Waals surface area contributed by atoms with Gasteiger partial charge in [-0.2, -0.15) is 0 Å². The van der Waals surface area contributed by atoms with Crippen molar-refractivity contribution in [1.29, 1.82) is 0 Å². The van der Waals surface area contributed by atoms with Crippen LogP contribution in [0.2, 0.25) is 0 Å². The van der Waals surface area contributed by atoms with Crippen molar-refractivity contribution in [3.8, 4) is 5.88 Å². The maximum Gasteiger partial charge on any atom is 0.214 e. The molecule has 94 valence electrons. The molecule has 0 aliphatic carbocycles. The summed E-state index contributed by atoms with van der Waals surface area (Å²) in [6.07, 6.45) is 1.74. The van der Waals surface area contributed by atoms with Crippen LogP contribution in [0, 0.1) is 0 Å². The van der Waals surface area contributed by atoms with E-state index in [1.807, 2.05) is 30.0 Å². The molecule has 0 saturated carbocycles. The van der Waals surface area contributed by atoms with Gasteiger partial charge in [0.1, 0.15) is 0 Å². The lowest BCUT2D eigenvalue weighted by molar-refractivity contribution is 0.398. The zero-order valence-corrected chi connectivity index (χ0v) is 11.1. The smallest absolute Gasteiger partial charge is 0.214 e. The minimum atomic E-state index is 0.635. The molecule has 1 aromatic heterocycles. The van der Waals surface area contributed by atoms with E-state index in [4.69, 9.17) is 4.74 Å². The Morgan fingerprint density at radius 2 is 2.06 bits per heavy atom. The quantitative estimate of drug-likeness (QED) is 0.638. The van der Waals surface area contributed by atoms with Crippen LogP contribution >= 0.6 is 11.8 Å². The zero-order valence-electron chi connectivity index (χ0n) is 10.3. The minimum Gasteiger partial charge on any atom is -0.481 e. The van der Waals surface area contributed by atoms with E-state index in [0.29, 0.717) is 5.88 Å². The van der Waals surface area contributed by atoms with Crippen LogP contribution in [0.3, 0.4) is 0 Å². The molecule has 0 atom stereocenters. The number of methoxy groups -OCH3 is 1. The Balaban J connectivity index is 1.75. The lowest BCUT2D eigenvalue weighted by Crippen LogP contribution is -2.04. The number of ether oxygens (including phenoxy) is 1. The fraction of sp³-hybridized carbons (Fsp3) is 0.214. The molecule has 0 amide bonds. The van der Waals surface area contributed by atoms with Gasteiger partial charge in [-0.05, 0) is 18.2 Å². The minimum absolute atomic E-state index is 0.635. The maximum absolute atomic E-state index is 5.07.